The Bertz CT molecular complexity index is 535. The zero-order valence-corrected chi connectivity index (χ0v) is 11.3. The molecule has 9 heteroatoms. The van der Waals surface area contributed by atoms with Crippen molar-refractivity contribution in [1.82, 2.24) is 5.32 Å². The van der Waals surface area contributed by atoms with Gasteiger partial charge >= 0.3 is 11.8 Å². The average molecular weight is 302 g/mol. The van der Waals surface area contributed by atoms with E-state index in [0.717, 1.165) is 6.07 Å². The van der Waals surface area contributed by atoms with E-state index < -0.39 is 16.7 Å². The number of halogens is 1. The smallest absolute Gasteiger partial charge is 0.313 e. The van der Waals surface area contributed by atoms with Gasteiger partial charge in [0.25, 0.3) is 5.69 Å². The van der Waals surface area contributed by atoms with Crippen LogP contribution in [0, 0.1) is 10.1 Å². The number of nitrogens with one attached hydrogen (secondary N) is 2. The second-order valence-corrected chi connectivity index (χ2v) is 3.92. The molecule has 0 saturated carbocycles. The zero-order valence-electron chi connectivity index (χ0n) is 10.5. The van der Waals surface area contributed by atoms with Crippen LogP contribution in [0.5, 0.6) is 5.75 Å². The molecule has 0 unspecified atom stereocenters. The minimum Gasteiger partial charge on any atom is -0.495 e. The summed E-state index contributed by atoms with van der Waals surface area (Å²) in [7, 11) is 1.34. The number of benzene rings is 1. The number of nitro benzene ring substituents is 1. The highest BCUT2D eigenvalue weighted by Gasteiger charge is 2.17. The van der Waals surface area contributed by atoms with Crippen LogP contribution >= 0.6 is 11.6 Å². The Morgan fingerprint density at radius 2 is 2.10 bits per heavy atom. The summed E-state index contributed by atoms with van der Waals surface area (Å²) in [4.78, 5) is 33.0. The Morgan fingerprint density at radius 3 is 2.65 bits per heavy atom. The van der Waals surface area contributed by atoms with E-state index in [1.54, 1.807) is 0 Å². The van der Waals surface area contributed by atoms with E-state index in [-0.39, 0.29) is 29.5 Å². The van der Waals surface area contributed by atoms with Gasteiger partial charge in [-0.15, -0.1) is 11.6 Å². The first-order valence-corrected chi connectivity index (χ1v) is 6.00. The number of anilines is 1. The Balaban J connectivity index is 2.89. The lowest BCUT2D eigenvalue weighted by Gasteiger charge is -2.09. The first kappa shape index (κ1) is 15.7. The molecule has 0 spiro atoms. The number of alkyl halides is 1. The van der Waals surface area contributed by atoms with Crippen LogP contribution in [-0.2, 0) is 9.59 Å². The minimum atomic E-state index is -0.964. The second-order valence-electron chi connectivity index (χ2n) is 3.54. The second kappa shape index (κ2) is 7.29. The van der Waals surface area contributed by atoms with E-state index >= 15 is 0 Å². The lowest BCUT2D eigenvalue weighted by Crippen LogP contribution is -2.36. The Kier molecular flexibility index (Phi) is 5.73. The third-order valence-corrected chi connectivity index (χ3v) is 2.42. The number of carbonyl (C=O) groups is 2. The Labute approximate surface area is 119 Å². The number of carbonyl (C=O) groups excluding carboxylic acids is 2. The van der Waals surface area contributed by atoms with Gasteiger partial charge in [-0.3, -0.25) is 19.7 Å². The molecule has 0 atom stereocenters. The third-order valence-electron chi connectivity index (χ3n) is 2.23. The SMILES string of the molecule is COc1ccc([N+](=O)[O-])cc1NC(=O)C(=O)NCCCl. The average Bonchev–Trinajstić information content (AvgIpc) is 2.44. The van der Waals surface area contributed by atoms with Gasteiger partial charge < -0.3 is 15.4 Å². The van der Waals surface area contributed by atoms with Crippen molar-refractivity contribution in [3.8, 4) is 5.75 Å². The number of nitrogens with zero attached hydrogens (tertiary/aromatic N) is 1. The Morgan fingerprint density at radius 1 is 1.40 bits per heavy atom. The maximum atomic E-state index is 11.6. The number of hydrogen-bond acceptors (Lipinski definition) is 5. The molecule has 8 nitrogen and oxygen atoms in total. The lowest BCUT2D eigenvalue weighted by molar-refractivity contribution is -0.384. The van der Waals surface area contributed by atoms with Gasteiger partial charge in [0.2, 0.25) is 0 Å². The van der Waals surface area contributed by atoms with Crippen LogP contribution in [0.2, 0.25) is 0 Å². The standard InChI is InChI=1S/C11H12ClN3O5/c1-20-9-3-2-7(15(18)19)6-8(9)14-11(17)10(16)13-5-4-12/h2-3,6H,4-5H2,1H3,(H,13,16)(H,14,17). The number of non-ortho nitro benzene ring substituents is 1. The summed E-state index contributed by atoms with van der Waals surface area (Å²) in [5.41, 5.74) is -0.199. The van der Waals surface area contributed by atoms with Crippen molar-refractivity contribution in [2.75, 3.05) is 24.9 Å². The monoisotopic (exact) mass is 301 g/mol. The molecule has 0 saturated heterocycles. The molecule has 1 aromatic rings. The largest absolute Gasteiger partial charge is 0.495 e. The van der Waals surface area contributed by atoms with Crippen LogP contribution in [0.3, 0.4) is 0 Å². The van der Waals surface area contributed by atoms with Crippen LogP contribution in [0.4, 0.5) is 11.4 Å². The zero-order chi connectivity index (χ0) is 15.1. The van der Waals surface area contributed by atoms with Gasteiger partial charge in [-0.05, 0) is 6.07 Å². The van der Waals surface area contributed by atoms with Crippen LogP contribution in [-0.4, -0.2) is 36.3 Å². The molecular formula is C11H12ClN3O5. The topological polar surface area (TPSA) is 111 Å². The third kappa shape index (κ3) is 4.09. The number of hydrogen-bond donors (Lipinski definition) is 2. The first-order valence-electron chi connectivity index (χ1n) is 5.47. The maximum absolute atomic E-state index is 11.6. The van der Waals surface area contributed by atoms with Gasteiger partial charge in [0.15, 0.2) is 0 Å². The predicted molar refractivity (Wildman–Crippen MR) is 72.0 cm³/mol. The van der Waals surface area contributed by atoms with Crippen molar-refractivity contribution < 1.29 is 19.2 Å². The predicted octanol–water partition coefficient (Wildman–Crippen LogP) is 0.897. The van der Waals surface area contributed by atoms with E-state index in [9.17, 15) is 19.7 Å². The summed E-state index contributed by atoms with van der Waals surface area (Å²) < 4.78 is 4.95. The fourth-order valence-corrected chi connectivity index (χ4v) is 1.42. The van der Waals surface area contributed by atoms with Gasteiger partial charge in [0, 0.05) is 24.6 Å². The summed E-state index contributed by atoms with van der Waals surface area (Å²) in [5, 5.41) is 15.2. The van der Waals surface area contributed by atoms with Gasteiger partial charge in [0.05, 0.1) is 17.7 Å². The van der Waals surface area contributed by atoms with Crippen molar-refractivity contribution in [1.29, 1.82) is 0 Å². The molecule has 0 bridgehead atoms. The van der Waals surface area contributed by atoms with Crippen LogP contribution in [0.25, 0.3) is 0 Å². The molecule has 0 aliphatic carbocycles. The molecule has 0 aliphatic heterocycles. The van der Waals surface area contributed by atoms with Crippen molar-refractivity contribution in [2.24, 2.45) is 0 Å². The molecule has 0 heterocycles. The number of amides is 2. The number of methoxy groups -OCH3 is 1. The fraction of sp³-hybridized carbons (Fsp3) is 0.273. The van der Waals surface area contributed by atoms with Crippen LogP contribution in [0.1, 0.15) is 0 Å². The first-order chi connectivity index (χ1) is 9.49. The minimum absolute atomic E-state index is 0.0349. The van der Waals surface area contributed by atoms with Crippen LogP contribution < -0.4 is 15.4 Å². The molecule has 20 heavy (non-hydrogen) atoms. The maximum Gasteiger partial charge on any atom is 0.313 e. The summed E-state index contributed by atoms with van der Waals surface area (Å²) in [5.74, 6) is -1.48. The van der Waals surface area contributed by atoms with E-state index in [4.69, 9.17) is 16.3 Å². The fourth-order valence-electron chi connectivity index (χ4n) is 1.33. The number of rotatable bonds is 5. The molecule has 108 valence electrons. The summed E-state index contributed by atoms with van der Waals surface area (Å²) >= 11 is 5.37. The summed E-state index contributed by atoms with van der Waals surface area (Å²) in [6.45, 7) is 0.139. The molecule has 0 aliphatic rings. The van der Waals surface area contributed by atoms with Gasteiger partial charge in [-0.25, -0.2) is 0 Å². The van der Waals surface area contributed by atoms with E-state index in [2.05, 4.69) is 10.6 Å². The molecule has 0 radical (unpaired) electrons. The summed E-state index contributed by atoms with van der Waals surface area (Å²) in [6.07, 6.45) is 0. The van der Waals surface area contributed by atoms with E-state index in [1.165, 1.54) is 19.2 Å². The molecule has 0 fully saturated rings. The quantitative estimate of drug-likeness (QED) is 0.363. The Hall–Kier alpha value is -2.35. The molecule has 1 aromatic carbocycles. The van der Waals surface area contributed by atoms with Gasteiger partial charge in [-0.1, -0.05) is 0 Å². The van der Waals surface area contributed by atoms with Gasteiger partial charge in [-0.2, -0.15) is 0 Å². The van der Waals surface area contributed by atoms with E-state index in [0.29, 0.717) is 0 Å². The molecular weight excluding hydrogens is 290 g/mol. The molecule has 2 N–H and O–H groups in total. The molecule has 1 rings (SSSR count). The highest BCUT2D eigenvalue weighted by Crippen LogP contribution is 2.28. The highest BCUT2D eigenvalue weighted by atomic mass is 35.5. The lowest BCUT2D eigenvalue weighted by atomic mass is 10.2. The van der Waals surface area contributed by atoms with Crippen LogP contribution in [0.15, 0.2) is 18.2 Å². The molecule has 0 aromatic heterocycles. The van der Waals surface area contributed by atoms with Crippen molar-refractivity contribution >= 4 is 34.8 Å². The number of nitro groups is 1. The molecule has 2 amide bonds. The normalized spacial score (nSPS) is 9.70. The highest BCUT2D eigenvalue weighted by molar-refractivity contribution is 6.39. The van der Waals surface area contributed by atoms with Gasteiger partial charge in [0.1, 0.15) is 5.75 Å². The van der Waals surface area contributed by atoms with Crippen molar-refractivity contribution in [2.45, 2.75) is 0 Å². The van der Waals surface area contributed by atoms with Crippen molar-refractivity contribution in [3.63, 3.8) is 0 Å². The summed E-state index contributed by atoms with van der Waals surface area (Å²) in [6, 6.07) is 3.65. The van der Waals surface area contributed by atoms with Crippen molar-refractivity contribution in [3.05, 3.63) is 28.3 Å². The van der Waals surface area contributed by atoms with E-state index in [1.807, 2.05) is 0 Å². The number of ether oxygens (including phenoxy) is 1.